The molecule has 0 aliphatic heterocycles. The Kier molecular flexibility index (Phi) is 5.76. The van der Waals surface area contributed by atoms with Gasteiger partial charge in [0.2, 0.25) is 5.91 Å². The lowest BCUT2D eigenvalue weighted by Crippen LogP contribution is -2.14. The molecule has 1 N–H and O–H groups in total. The molecular weight excluding hydrogens is 422 g/mol. The summed E-state index contributed by atoms with van der Waals surface area (Å²) >= 11 is 5.99. The molecule has 0 spiro atoms. The number of fused-ring (bicyclic) bond motifs is 1. The van der Waals surface area contributed by atoms with Crippen LogP contribution >= 0.6 is 11.6 Å². The first-order valence-corrected chi connectivity index (χ1v) is 10.4. The van der Waals surface area contributed by atoms with Gasteiger partial charge in [-0.05, 0) is 67.8 Å². The minimum absolute atomic E-state index is 0.245. The van der Waals surface area contributed by atoms with E-state index in [2.05, 4.69) is 35.5 Å². The maximum absolute atomic E-state index is 12.6. The Hall–Kier alpha value is -3.95. The van der Waals surface area contributed by atoms with Crippen molar-refractivity contribution in [1.82, 2.24) is 14.8 Å². The molecule has 2 heterocycles. The molecule has 0 aliphatic rings. The first-order valence-electron chi connectivity index (χ1n) is 9.97. The highest BCUT2D eigenvalue weighted by atomic mass is 35.5. The molecule has 0 saturated heterocycles. The van der Waals surface area contributed by atoms with Crippen LogP contribution in [-0.4, -0.2) is 20.7 Å². The minimum Gasteiger partial charge on any atom is -0.306 e. The van der Waals surface area contributed by atoms with E-state index in [-0.39, 0.29) is 11.4 Å². The van der Waals surface area contributed by atoms with E-state index in [1.807, 2.05) is 26.0 Å². The van der Waals surface area contributed by atoms with E-state index in [0.29, 0.717) is 10.8 Å². The SMILES string of the molecule is Cc1cc(C)c2nc(-n3ncc(C#N)c3NC(=O)/C=C/c3cccc(Cl)c3)cc(C)c2c1. The van der Waals surface area contributed by atoms with Gasteiger partial charge in [0.25, 0.3) is 0 Å². The summed E-state index contributed by atoms with van der Waals surface area (Å²) in [6, 6.07) is 15.3. The number of carbonyl (C=O) groups excluding carboxylic acids is 1. The van der Waals surface area contributed by atoms with Crippen LogP contribution in [0.2, 0.25) is 5.02 Å². The van der Waals surface area contributed by atoms with Gasteiger partial charge in [0.1, 0.15) is 11.6 Å². The van der Waals surface area contributed by atoms with Gasteiger partial charge in [0, 0.05) is 16.5 Å². The predicted octanol–water partition coefficient (Wildman–Crippen LogP) is 5.52. The Morgan fingerprint density at radius 3 is 2.72 bits per heavy atom. The second-order valence-corrected chi connectivity index (χ2v) is 8.02. The number of rotatable bonds is 4. The van der Waals surface area contributed by atoms with Gasteiger partial charge in [-0.2, -0.15) is 15.0 Å². The van der Waals surface area contributed by atoms with Crippen molar-refractivity contribution in [2.75, 3.05) is 5.32 Å². The van der Waals surface area contributed by atoms with Crippen molar-refractivity contribution in [2.24, 2.45) is 0 Å². The van der Waals surface area contributed by atoms with Crippen molar-refractivity contribution in [3.63, 3.8) is 0 Å². The predicted molar refractivity (Wildman–Crippen MR) is 127 cm³/mol. The molecule has 0 atom stereocenters. The lowest BCUT2D eigenvalue weighted by atomic mass is 10.0. The number of carbonyl (C=O) groups is 1. The fraction of sp³-hybridized carbons (Fsp3) is 0.120. The molecular formula is C25H20ClN5O. The number of nitrogens with zero attached hydrogens (tertiary/aromatic N) is 4. The topological polar surface area (TPSA) is 83.6 Å². The highest BCUT2D eigenvalue weighted by Crippen LogP contribution is 2.26. The van der Waals surface area contributed by atoms with Crippen LogP contribution in [0.1, 0.15) is 27.8 Å². The summed E-state index contributed by atoms with van der Waals surface area (Å²) in [6.45, 7) is 6.07. The normalized spacial score (nSPS) is 11.1. The number of nitrogens with one attached hydrogen (secondary N) is 1. The molecule has 0 fully saturated rings. The third kappa shape index (κ3) is 4.25. The van der Waals surface area contributed by atoms with Gasteiger partial charge in [0.05, 0.1) is 11.7 Å². The van der Waals surface area contributed by atoms with Crippen LogP contribution in [0.25, 0.3) is 22.8 Å². The van der Waals surface area contributed by atoms with Crippen LogP contribution in [0.4, 0.5) is 5.82 Å². The number of hydrogen-bond acceptors (Lipinski definition) is 4. The molecule has 4 aromatic rings. The second-order valence-electron chi connectivity index (χ2n) is 7.58. The summed E-state index contributed by atoms with van der Waals surface area (Å²) in [5.41, 5.74) is 5.14. The molecule has 0 unspecified atom stereocenters. The Morgan fingerprint density at radius 2 is 1.97 bits per heavy atom. The summed E-state index contributed by atoms with van der Waals surface area (Å²) in [6.07, 6.45) is 4.45. The van der Waals surface area contributed by atoms with Crippen LogP contribution < -0.4 is 5.32 Å². The van der Waals surface area contributed by atoms with Crippen molar-refractivity contribution >= 4 is 40.3 Å². The van der Waals surface area contributed by atoms with E-state index in [1.54, 1.807) is 24.3 Å². The monoisotopic (exact) mass is 441 g/mol. The quantitative estimate of drug-likeness (QED) is 0.422. The maximum Gasteiger partial charge on any atom is 0.249 e. The zero-order chi connectivity index (χ0) is 22.8. The molecule has 0 bridgehead atoms. The molecule has 2 aromatic heterocycles. The lowest BCUT2D eigenvalue weighted by molar-refractivity contribution is -0.111. The fourth-order valence-corrected chi connectivity index (χ4v) is 3.80. The van der Waals surface area contributed by atoms with E-state index < -0.39 is 5.91 Å². The summed E-state index contributed by atoms with van der Waals surface area (Å²) in [5.74, 6) is 0.398. The van der Waals surface area contributed by atoms with Crippen molar-refractivity contribution in [3.05, 3.63) is 87.6 Å². The van der Waals surface area contributed by atoms with E-state index in [1.165, 1.54) is 17.0 Å². The van der Waals surface area contributed by atoms with Gasteiger partial charge in [-0.15, -0.1) is 0 Å². The molecule has 32 heavy (non-hydrogen) atoms. The number of benzene rings is 2. The number of aryl methyl sites for hydroxylation is 3. The Balaban J connectivity index is 1.71. The summed E-state index contributed by atoms with van der Waals surface area (Å²) in [4.78, 5) is 17.4. The number of nitriles is 1. The average Bonchev–Trinajstić information content (AvgIpc) is 3.15. The maximum atomic E-state index is 12.6. The van der Waals surface area contributed by atoms with Gasteiger partial charge in [0.15, 0.2) is 11.6 Å². The van der Waals surface area contributed by atoms with E-state index in [4.69, 9.17) is 16.6 Å². The first-order chi connectivity index (χ1) is 15.4. The van der Waals surface area contributed by atoms with Gasteiger partial charge in [-0.1, -0.05) is 35.4 Å². The van der Waals surface area contributed by atoms with E-state index in [0.717, 1.165) is 33.2 Å². The molecule has 4 rings (SSSR count). The number of hydrogen-bond donors (Lipinski definition) is 1. The van der Waals surface area contributed by atoms with Crippen molar-refractivity contribution in [2.45, 2.75) is 20.8 Å². The molecule has 7 heteroatoms. The number of aromatic nitrogens is 3. The van der Waals surface area contributed by atoms with Crippen LogP contribution in [0.15, 0.2) is 54.7 Å². The van der Waals surface area contributed by atoms with Crippen LogP contribution in [-0.2, 0) is 4.79 Å². The standard InChI is InChI=1S/C25H20ClN5O/c1-15-9-17(3)24-21(10-15)16(2)11-22(29-24)31-25(19(13-27)14-28-31)30-23(32)8-7-18-5-4-6-20(26)12-18/h4-12,14H,1-3H3,(H,30,32)/b8-7+. The molecule has 0 radical (unpaired) electrons. The van der Waals surface area contributed by atoms with Crippen molar-refractivity contribution in [1.29, 1.82) is 5.26 Å². The lowest BCUT2D eigenvalue weighted by Gasteiger charge is -2.12. The summed E-state index contributed by atoms with van der Waals surface area (Å²) in [7, 11) is 0. The smallest absolute Gasteiger partial charge is 0.249 e. The highest BCUT2D eigenvalue weighted by molar-refractivity contribution is 6.30. The van der Waals surface area contributed by atoms with E-state index >= 15 is 0 Å². The van der Waals surface area contributed by atoms with Gasteiger partial charge >= 0.3 is 0 Å². The largest absolute Gasteiger partial charge is 0.306 e. The third-order valence-corrected chi connectivity index (χ3v) is 5.30. The molecule has 2 aromatic carbocycles. The van der Waals surface area contributed by atoms with Crippen molar-refractivity contribution < 1.29 is 4.79 Å². The first kappa shape index (κ1) is 21.3. The zero-order valence-corrected chi connectivity index (χ0v) is 18.6. The third-order valence-electron chi connectivity index (χ3n) is 5.07. The van der Waals surface area contributed by atoms with Crippen LogP contribution in [0.5, 0.6) is 0 Å². The van der Waals surface area contributed by atoms with Crippen molar-refractivity contribution in [3.8, 4) is 11.9 Å². The van der Waals surface area contributed by atoms with E-state index in [9.17, 15) is 10.1 Å². The molecule has 0 aliphatic carbocycles. The van der Waals surface area contributed by atoms with Crippen LogP contribution in [0.3, 0.4) is 0 Å². The van der Waals surface area contributed by atoms with Gasteiger partial charge < -0.3 is 5.32 Å². The average molecular weight is 442 g/mol. The second kappa shape index (κ2) is 8.66. The minimum atomic E-state index is -0.396. The number of amides is 1. The summed E-state index contributed by atoms with van der Waals surface area (Å²) in [5, 5.41) is 18.2. The zero-order valence-electron chi connectivity index (χ0n) is 17.8. The number of pyridine rings is 1. The van der Waals surface area contributed by atoms with Gasteiger partial charge in [-0.3, -0.25) is 4.79 Å². The van der Waals surface area contributed by atoms with Crippen LogP contribution in [0, 0.1) is 32.1 Å². The fourth-order valence-electron chi connectivity index (χ4n) is 3.60. The highest BCUT2D eigenvalue weighted by Gasteiger charge is 2.16. The Labute approximate surface area is 190 Å². The Morgan fingerprint density at radius 1 is 1.16 bits per heavy atom. The molecule has 158 valence electrons. The number of halogens is 1. The Bertz CT molecular complexity index is 1430. The molecule has 6 nitrogen and oxygen atoms in total. The molecule has 1 amide bonds. The number of anilines is 1. The molecule has 0 saturated carbocycles. The summed E-state index contributed by atoms with van der Waals surface area (Å²) < 4.78 is 1.48. The van der Waals surface area contributed by atoms with Gasteiger partial charge in [-0.25, -0.2) is 4.98 Å².